The second-order valence-electron chi connectivity index (χ2n) is 12.2. The zero-order valence-corrected chi connectivity index (χ0v) is 24.9. The van der Waals surface area contributed by atoms with Gasteiger partial charge in [-0.15, -0.1) is 0 Å². The number of aryl methyl sites for hydroxylation is 3. The molecule has 6 aromatic carbocycles. The molecule has 0 spiro atoms. The third kappa shape index (κ3) is 5.20. The van der Waals surface area contributed by atoms with Crippen LogP contribution in [0.4, 0.5) is 0 Å². The van der Waals surface area contributed by atoms with Gasteiger partial charge in [-0.3, -0.25) is 0 Å². The van der Waals surface area contributed by atoms with E-state index in [2.05, 4.69) is 146 Å². The second-order valence-corrected chi connectivity index (χ2v) is 12.2. The first-order chi connectivity index (χ1) is 20.5. The summed E-state index contributed by atoms with van der Waals surface area (Å²) in [4.78, 5) is 0. The van der Waals surface area contributed by atoms with Crippen LogP contribution < -0.4 is 5.53 Å². The standard InChI is InChI=1S/C39H39N3/c1-27-16-19-31-10-4-7-13-34(31)37(27)22-30-23-41(25-38-28(2)17-20-32-11-5-8-14-35(32)38)40-42(24-30)26-39-29(3)18-21-33-12-6-9-15-36(33)39/h4-21,30,40H,22-26H2,1-3H3. The van der Waals surface area contributed by atoms with Crippen molar-refractivity contribution in [3.8, 4) is 0 Å². The van der Waals surface area contributed by atoms with E-state index in [1.807, 2.05) is 0 Å². The van der Waals surface area contributed by atoms with Crippen LogP contribution in [0.3, 0.4) is 0 Å². The molecule has 1 aliphatic rings. The Morgan fingerprint density at radius 3 is 1.33 bits per heavy atom. The number of benzene rings is 6. The van der Waals surface area contributed by atoms with Crippen LogP contribution in [0, 0.1) is 26.7 Å². The minimum atomic E-state index is 0.487. The summed E-state index contributed by atoms with van der Waals surface area (Å²) >= 11 is 0. The van der Waals surface area contributed by atoms with E-state index < -0.39 is 0 Å². The molecule has 1 heterocycles. The van der Waals surface area contributed by atoms with E-state index in [1.54, 1.807) is 0 Å². The minimum Gasteiger partial charge on any atom is -0.226 e. The van der Waals surface area contributed by atoms with Crippen molar-refractivity contribution in [1.82, 2.24) is 15.6 Å². The van der Waals surface area contributed by atoms with E-state index in [9.17, 15) is 0 Å². The smallest absolute Gasteiger partial charge is 0.0404 e. The van der Waals surface area contributed by atoms with Gasteiger partial charge in [-0.05, 0) is 98.8 Å². The van der Waals surface area contributed by atoms with E-state index in [1.165, 1.54) is 65.7 Å². The topological polar surface area (TPSA) is 18.5 Å². The molecule has 210 valence electrons. The Bertz CT molecular complexity index is 1680. The fourth-order valence-electron chi connectivity index (χ4n) is 6.99. The molecule has 3 heteroatoms. The van der Waals surface area contributed by atoms with Crippen molar-refractivity contribution in [2.24, 2.45) is 5.92 Å². The van der Waals surface area contributed by atoms with Crippen LogP contribution in [0.2, 0.25) is 0 Å². The Morgan fingerprint density at radius 1 is 0.500 bits per heavy atom. The summed E-state index contributed by atoms with van der Waals surface area (Å²) in [6, 6.07) is 40.1. The normalized spacial score (nSPS) is 15.2. The maximum absolute atomic E-state index is 3.87. The predicted octanol–water partition coefficient (Wildman–Crippen LogP) is 8.67. The van der Waals surface area contributed by atoms with Gasteiger partial charge in [-0.1, -0.05) is 109 Å². The lowest BCUT2D eigenvalue weighted by molar-refractivity contribution is -0.0537. The van der Waals surface area contributed by atoms with Gasteiger partial charge in [0.05, 0.1) is 0 Å². The third-order valence-corrected chi connectivity index (χ3v) is 9.26. The molecule has 0 aromatic heterocycles. The monoisotopic (exact) mass is 549 g/mol. The van der Waals surface area contributed by atoms with Crippen molar-refractivity contribution >= 4 is 32.3 Å². The van der Waals surface area contributed by atoms with E-state index >= 15 is 0 Å². The van der Waals surface area contributed by atoms with Crippen molar-refractivity contribution in [3.63, 3.8) is 0 Å². The number of hydrazine groups is 2. The highest BCUT2D eigenvalue weighted by Gasteiger charge is 2.28. The van der Waals surface area contributed by atoms with Crippen LogP contribution in [0.1, 0.15) is 33.4 Å². The summed E-state index contributed by atoms with van der Waals surface area (Å²) < 4.78 is 0. The van der Waals surface area contributed by atoms with Gasteiger partial charge in [0.25, 0.3) is 0 Å². The van der Waals surface area contributed by atoms with Crippen LogP contribution in [0.25, 0.3) is 32.3 Å². The summed E-state index contributed by atoms with van der Waals surface area (Å²) in [5.41, 5.74) is 12.3. The largest absolute Gasteiger partial charge is 0.226 e. The zero-order chi connectivity index (χ0) is 28.6. The average molecular weight is 550 g/mol. The molecule has 0 radical (unpaired) electrons. The fraction of sp³-hybridized carbons (Fsp3) is 0.231. The number of nitrogens with one attached hydrogen (secondary N) is 1. The van der Waals surface area contributed by atoms with Crippen molar-refractivity contribution in [3.05, 3.63) is 143 Å². The summed E-state index contributed by atoms with van der Waals surface area (Å²) in [5.74, 6) is 0.487. The van der Waals surface area contributed by atoms with Gasteiger partial charge in [0, 0.05) is 26.2 Å². The first-order valence-corrected chi connectivity index (χ1v) is 15.2. The third-order valence-electron chi connectivity index (χ3n) is 9.26. The molecule has 0 aliphatic carbocycles. The Kier molecular flexibility index (Phi) is 7.25. The lowest BCUT2D eigenvalue weighted by atomic mass is 9.90. The lowest BCUT2D eigenvalue weighted by Gasteiger charge is -2.42. The van der Waals surface area contributed by atoms with Crippen molar-refractivity contribution < 1.29 is 0 Å². The SMILES string of the molecule is Cc1ccc2ccccc2c1CC1CN(Cc2c(C)ccc3ccccc23)NN(Cc2c(C)ccc3ccccc23)C1. The molecule has 7 rings (SSSR count). The highest BCUT2D eigenvalue weighted by molar-refractivity contribution is 5.88. The molecule has 1 fully saturated rings. The number of fused-ring (bicyclic) bond motifs is 3. The quantitative estimate of drug-likeness (QED) is 0.224. The Hall–Kier alpha value is -4.02. The summed E-state index contributed by atoms with van der Waals surface area (Å²) in [6.07, 6.45) is 1.06. The first kappa shape index (κ1) is 26.9. The zero-order valence-electron chi connectivity index (χ0n) is 24.9. The van der Waals surface area contributed by atoms with Crippen molar-refractivity contribution in [2.75, 3.05) is 13.1 Å². The molecular weight excluding hydrogens is 510 g/mol. The summed E-state index contributed by atoms with van der Waals surface area (Å²) in [5, 5.41) is 13.0. The molecule has 0 amide bonds. The summed E-state index contributed by atoms with van der Waals surface area (Å²) in [6.45, 7) is 10.5. The molecule has 1 saturated heterocycles. The Morgan fingerprint density at radius 2 is 0.881 bits per heavy atom. The lowest BCUT2D eigenvalue weighted by Crippen LogP contribution is -2.58. The second kappa shape index (κ2) is 11.3. The van der Waals surface area contributed by atoms with E-state index in [0.717, 1.165) is 32.6 Å². The van der Waals surface area contributed by atoms with Gasteiger partial charge in [0.2, 0.25) is 0 Å². The molecule has 0 saturated carbocycles. The van der Waals surface area contributed by atoms with Gasteiger partial charge in [0.1, 0.15) is 0 Å². The molecular formula is C39H39N3. The van der Waals surface area contributed by atoms with E-state index in [-0.39, 0.29) is 0 Å². The number of nitrogens with zero attached hydrogens (tertiary/aromatic N) is 2. The van der Waals surface area contributed by atoms with Gasteiger partial charge < -0.3 is 0 Å². The van der Waals surface area contributed by atoms with E-state index in [4.69, 9.17) is 0 Å². The number of hydrogen-bond acceptors (Lipinski definition) is 3. The van der Waals surface area contributed by atoms with Crippen molar-refractivity contribution in [2.45, 2.75) is 40.3 Å². The number of rotatable bonds is 6. The highest BCUT2D eigenvalue weighted by Crippen LogP contribution is 2.30. The van der Waals surface area contributed by atoms with Gasteiger partial charge in [-0.2, -0.15) is 5.53 Å². The molecule has 42 heavy (non-hydrogen) atoms. The molecule has 1 N–H and O–H groups in total. The van der Waals surface area contributed by atoms with E-state index in [0.29, 0.717) is 5.92 Å². The van der Waals surface area contributed by atoms with Crippen LogP contribution in [-0.2, 0) is 19.5 Å². The van der Waals surface area contributed by atoms with Gasteiger partial charge >= 0.3 is 0 Å². The molecule has 0 bridgehead atoms. The summed E-state index contributed by atoms with van der Waals surface area (Å²) in [7, 11) is 0. The van der Waals surface area contributed by atoms with Gasteiger partial charge in [0.15, 0.2) is 0 Å². The fourth-order valence-corrected chi connectivity index (χ4v) is 6.99. The Balaban J connectivity index is 1.25. The predicted molar refractivity (Wildman–Crippen MR) is 177 cm³/mol. The van der Waals surface area contributed by atoms with Gasteiger partial charge in [-0.25, -0.2) is 10.0 Å². The highest BCUT2D eigenvalue weighted by atomic mass is 15.8. The average Bonchev–Trinajstić information content (AvgIpc) is 3.01. The van der Waals surface area contributed by atoms with Crippen LogP contribution >= 0.6 is 0 Å². The van der Waals surface area contributed by atoms with Crippen molar-refractivity contribution in [1.29, 1.82) is 0 Å². The maximum atomic E-state index is 3.87. The minimum absolute atomic E-state index is 0.487. The Labute approximate surface area is 249 Å². The molecule has 6 aromatic rings. The molecule has 0 unspecified atom stereocenters. The maximum Gasteiger partial charge on any atom is 0.0404 e. The number of hydrogen-bond donors (Lipinski definition) is 1. The molecule has 3 nitrogen and oxygen atoms in total. The van der Waals surface area contributed by atoms with Crippen LogP contribution in [0.15, 0.2) is 109 Å². The molecule has 1 aliphatic heterocycles. The van der Waals surface area contributed by atoms with Crippen LogP contribution in [0.5, 0.6) is 0 Å². The van der Waals surface area contributed by atoms with Crippen LogP contribution in [-0.4, -0.2) is 23.1 Å². The first-order valence-electron chi connectivity index (χ1n) is 15.2. The molecule has 0 atom stereocenters.